The SMILES string of the molecule is CC(C)(C)C(N)c1nc2cc(Cl)c(F)cc2o1. The normalized spacial score (nSPS) is 14.2. The van der Waals surface area contributed by atoms with Gasteiger partial charge in [-0.3, -0.25) is 0 Å². The van der Waals surface area contributed by atoms with Crippen LogP contribution >= 0.6 is 11.6 Å². The molecule has 0 bridgehead atoms. The van der Waals surface area contributed by atoms with E-state index < -0.39 is 5.82 Å². The standard InChI is InChI=1S/C12H14ClFN2O/c1-12(2,3)10(15)11-16-8-4-6(13)7(14)5-9(8)17-11/h4-5,10H,15H2,1-3H3. The molecule has 1 heterocycles. The van der Waals surface area contributed by atoms with Crippen LogP contribution in [0.3, 0.4) is 0 Å². The molecular formula is C12H14ClFN2O. The van der Waals surface area contributed by atoms with Crippen LogP contribution in [0.1, 0.15) is 32.7 Å². The van der Waals surface area contributed by atoms with Gasteiger partial charge in [-0.1, -0.05) is 32.4 Å². The third-order valence-corrected chi connectivity index (χ3v) is 2.94. The smallest absolute Gasteiger partial charge is 0.212 e. The first-order chi connectivity index (χ1) is 7.79. The molecule has 0 aliphatic heterocycles. The molecule has 1 aromatic carbocycles. The van der Waals surface area contributed by atoms with Crippen LogP contribution in [0.15, 0.2) is 16.5 Å². The number of hydrogen-bond acceptors (Lipinski definition) is 3. The van der Waals surface area contributed by atoms with Gasteiger partial charge >= 0.3 is 0 Å². The summed E-state index contributed by atoms with van der Waals surface area (Å²) in [6.45, 7) is 5.96. The molecule has 92 valence electrons. The molecule has 3 nitrogen and oxygen atoms in total. The van der Waals surface area contributed by atoms with Crippen LogP contribution in [0, 0.1) is 11.2 Å². The van der Waals surface area contributed by atoms with E-state index in [4.69, 9.17) is 21.8 Å². The summed E-state index contributed by atoms with van der Waals surface area (Å²) in [4.78, 5) is 4.24. The predicted octanol–water partition coefficient (Wildman–Crippen LogP) is 3.67. The van der Waals surface area contributed by atoms with E-state index in [1.807, 2.05) is 20.8 Å². The van der Waals surface area contributed by atoms with Crippen molar-refractivity contribution in [2.24, 2.45) is 11.1 Å². The summed E-state index contributed by atoms with van der Waals surface area (Å²) >= 11 is 5.68. The van der Waals surface area contributed by atoms with Gasteiger partial charge in [0.25, 0.3) is 0 Å². The van der Waals surface area contributed by atoms with Gasteiger partial charge in [0.15, 0.2) is 5.58 Å². The largest absolute Gasteiger partial charge is 0.439 e. The van der Waals surface area contributed by atoms with Crippen LogP contribution in [0.25, 0.3) is 11.1 Å². The van der Waals surface area contributed by atoms with Gasteiger partial charge in [-0.25, -0.2) is 9.37 Å². The van der Waals surface area contributed by atoms with E-state index in [9.17, 15) is 4.39 Å². The monoisotopic (exact) mass is 256 g/mol. The summed E-state index contributed by atoms with van der Waals surface area (Å²) in [6.07, 6.45) is 0. The highest BCUT2D eigenvalue weighted by molar-refractivity contribution is 6.31. The number of fused-ring (bicyclic) bond motifs is 1. The predicted molar refractivity (Wildman–Crippen MR) is 65.4 cm³/mol. The third-order valence-electron chi connectivity index (χ3n) is 2.65. The van der Waals surface area contributed by atoms with E-state index in [0.29, 0.717) is 17.0 Å². The Hall–Kier alpha value is -1.13. The van der Waals surface area contributed by atoms with Crippen molar-refractivity contribution in [3.05, 3.63) is 28.9 Å². The van der Waals surface area contributed by atoms with Crippen molar-refractivity contribution in [2.45, 2.75) is 26.8 Å². The number of rotatable bonds is 1. The highest BCUT2D eigenvalue weighted by Gasteiger charge is 2.27. The number of halogens is 2. The molecule has 0 amide bonds. The fourth-order valence-electron chi connectivity index (χ4n) is 1.44. The molecule has 0 radical (unpaired) electrons. The summed E-state index contributed by atoms with van der Waals surface area (Å²) in [5, 5.41) is 0.0293. The number of nitrogens with two attached hydrogens (primary N) is 1. The maximum absolute atomic E-state index is 13.2. The molecule has 0 aliphatic rings. The molecule has 0 saturated heterocycles. The molecule has 0 spiro atoms. The van der Waals surface area contributed by atoms with Gasteiger partial charge in [0.1, 0.15) is 11.3 Å². The van der Waals surface area contributed by atoms with Gasteiger partial charge in [0.05, 0.1) is 11.1 Å². The summed E-state index contributed by atoms with van der Waals surface area (Å²) in [7, 11) is 0. The molecule has 2 aromatic rings. The molecule has 2 rings (SSSR count). The molecule has 0 aliphatic carbocycles. The minimum Gasteiger partial charge on any atom is -0.439 e. The van der Waals surface area contributed by atoms with E-state index >= 15 is 0 Å². The maximum Gasteiger partial charge on any atom is 0.212 e. The summed E-state index contributed by atoms with van der Waals surface area (Å²) in [5.74, 6) is -0.125. The zero-order chi connectivity index (χ0) is 12.8. The Labute approximate surface area is 104 Å². The van der Waals surface area contributed by atoms with Crippen molar-refractivity contribution in [3.63, 3.8) is 0 Å². The van der Waals surface area contributed by atoms with Crippen molar-refractivity contribution in [3.8, 4) is 0 Å². The van der Waals surface area contributed by atoms with Gasteiger partial charge < -0.3 is 10.2 Å². The Morgan fingerprint density at radius 2 is 2.06 bits per heavy atom. The molecule has 1 aromatic heterocycles. The Kier molecular flexibility index (Phi) is 2.87. The highest BCUT2D eigenvalue weighted by atomic mass is 35.5. The van der Waals surface area contributed by atoms with E-state index in [1.54, 1.807) is 0 Å². The van der Waals surface area contributed by atoms with Crippen LogP contribution in [-0.4, -0.2) is 4.98 Å². The lowest BCUT2D eigenvalue weighted by atomic mass is 9.87. The molecule has 2 N–H and O–H groups in total. The number of hydrogen-bond donors (Lipinski definition) is 1. The lowest BCUT2D eigenvalue weighted by molar-refractivity contribution is 0.282. The number of aromatic nitrogens is 1. The topological polar surface area (TPSA) is 52.0 Å². The van der Waals surface area contributed by atoms with E-state index in [0.717, 1.165) is 0 Å². The maximum atomic E-state index is 13.2. The fraction of sp³-hybridized carbons (Fsp3) is 0.417. The van der Waals surface area contributed by atoms with Gasteiger partial charge in [-0.2, -0.15) is 0 Å². The van der Waals surface area contributed by atoms with Gasteiger partial charge in [0.2, 0.25) is 5.89 Å². The quantitative estimate of drug-likeness (QED) is 0.847. The van der Waals surface area contributed by atoms with Crippen LogP contribution < -0.4 is 5.73 Å². The Balaban J connectivity index is 2.52. The molecule has 0 saturated carbocycles. The number of oxazole rings is 1. The van der Waals surface area contributed by atoms with Crippen LogP contribution in [-0.2, 0) is 0 Å². The van der Waals surface area contributed by atoms with Crippen molar-refractivity contribution >= 4 is 22.7 Å². The number of benzene rings is 1. The van der Waals surface area contributed by atoms with Crippen molar-refractivity contribution in [1.29, 1.82) is 0 Å². The second-order valence-corrected chi connectivity index (χ2v) is 5.54. The first-order valence-corrected chi connectivity index (χ1v) is 5.68. The minimum absolute atomic E-state index is 0.0293. The Morgan fingerprint density at radius 1 is 1.41 bits per heavy atom. The van der Waals surface area contributed by atoms with Gasteiger partial charge in [-0.05, 0) is 11.5 Å². The molecule has 1 atom stereocenters. The average molecular weight is 257 g/mol. The molecule has 0 fully saturated rings. The lowest BCUT2D eigenvalue weighted by Crippen LogP contribution is -2.26. The average Bonchev–Trinajstić information content (AvgIpc) is 2.59. The second kappa shape index (κ2) is 3.96. The van der Waals surface area contributed by atoms with Gasteiger partial charge in [0, 0.05) is 6.07 Å². The fourth-order valence-corrected chi connectivity index (χ4v) is 1.60. The van der Waals surface area contributed by atoms with Crippen molar-refractivity contribution in [1.82, 2.24) is 4.98 Å². The van der Waals surface area contributed by atoms with E-state index in [1.165, 1.54) is 12.1 Å². The molecular weight excluding hydrogens is 243 g/mol. The van der Waals surface area contributed by atoms with Crippen molar-refractivity contribution in [2.75, 3.05) is 0 Å². The third kappa shape index (κ3) is 2.28. The Morgan fingerprint density at radius 3 is 2.65 bits per heavy atom. The van der Waals surface area contributed by atoms with Crippen LogP contribution in [0.2, 0.25) is 5.02 Å². The van der Waals surface area contributed by atoms with E-state index in [-0.39, 0.29) is 16.5 Å². The Bertz CT molecular complexity index is 520. The summed E-state index contributed by atoms with van der Waals surface area (Å²) in [5.41, 5.74) is 6.73. The van der Waals surface area contributed by atoms with Crippen molar-refractivity contribution < 1.29 is 8.81 Å². The molecule has 1 unspecified atom stereocenters. The second-order valence-electron chi connectivity index (χ2n) is 5.13. The molecule has 17 heavy (non-hydrogen) atoms. The molecule has 5 heteroatoms. The highest BCUT2D eigenvalue weighted by Crippen LogP contribution is 2.32. The minimum atomic E-state index is -0.522. The summed E-state index contributed by atoms with van der Waals surface area (Å²) < 4.78 is 18.7. The van der Waals surface area contributed by atoms with E-state index in [2.05, 4.69) is 4.98 Å². The summed E-state index contributed by atoms with van der Waals surface area (Å²) in [6, 6.07) is 2.31. The first-order valence-electron chi connectivity index (χ1n) is 5.30. The van der Waals surface area contributed by atoms with Crippen LogP contribution in [0.5, 0.6) is 0 Å². The zero-order valence-electron chi connectivity index (χ0n) is 9.92. The zero-order valence-corrected chi connectivity index (χ0v) is 10.7. The number of nitrogens with zero attached hydrogens (tertiary/aromatic N) is 1. The van der Waals surface area contributed by atoms with Gasteiger partial charge in [-0.15, -0.1) is 0 Å². The van der Waals surface area contributed by atoms with Crippen LogP contribution in [0.4, 0.5) is 4.39 Å². The lowest BCUT2D eigenvalue weighted by Gasteiger charge is -2.23. The first kappa shape index (κ1) is 12.3.